The second-order valence-corrected chi connectivity index (χ2v) is 5.99. The molecule has 1 saturated heterocycles. The predicted octanol–water partition coefficient (Wildman–Crippen LogP) is 0.00554. The Morgan fingerprint density at radius 2 is 2.09 bits per heavy atom. The zero-order valence-electron chi connectivity index (χ0n) is 14.0. The number of amides is 2. The Hall–Kier alpha value is -2.15. The highest BCUT2D eigenvalue weighted by molar-refractivity contribution is 5.92. The number of β-amino-alcohol motifs (C(OH)–C–C–N with tert-alkyl or cyclic N) is 1. The second-order valence-electron chi connectivity index (χ2n) is 5.99. The summed E-state index contributed by atoms with van der Waals surface area (Å²) in [5.41, 5.74) is 2.79. The highest BCUT2D eigenvalue weighted by atomic mass is 16.3. The summed E-state index contributed by atoms with van der Waals surface area (Å²) in [5, 5.41) is 16.9. The van der Waals surface area contributed by atoms with Gasteiger partial charge in [-0.15, -0.1) is 0 Å². The fraction of sp³-hybridized carbons (Fsp3) is 0.562. The number of aliphatic hydroxyl groups excluding tert-OH is 1. The van der Waals surface area contributed by atoms with Crippen LogP contribution in [-0.4, -0.2) is 57.8 Å². The average Bonchev–Trinajstić information content (AvgIpc) is 2.98. The molecular formula is C16H24N4O3. The van der Waals surface area contributed by atoms with Crippen LogP contribution in [0.3, 0.4) is 0 Å². The van der Waals surface area contributed by atoms with Crippen LogP contribution in [0.2, 0.25) is 0 Å². The van der Waals surface area contributed by atoms with Crippen molar-refractivity contribution in [3.05, 3.63) is 23.0 Å². The van der Waals surface area contributed by atoms with Gasteiger partial charge in [0.2, 0.25) is 11.8 Å². The first kappa shape index (κ1) is 17.2. The summed E-state index contributed by atoms with van der Waals surface area (Å²) in [5.74, 6) is -0.499. The molecular weight excluding hydrogens is 296 g/mol. The number of carbonyl (C=O) groups is 2. The van der Waals surface area contributed by atoms with Crippen LogP contribution in [0.25, 0.3) is 6.08 Å². The van der Waals surface area contributed by atoms with E-state index in [9.17, 15) is 14.7 Å². The van der Waals surface area contributed by atoms with Crippen molar-refractivity contribution in [2.45, 2.75) is 26.4 Å². The number of nitrogens with zero attached hydrogens (tertiary/aromatic N) is 3. The zero-order chi connectivity index (χ0) is 17.1. The molecule has 1 aromatic heterocycles. The number of aryl methyl sites for hydroxylation is 2. The first-order valence-corrected chi connectivity index (χ1v) is 7.69. The number of aliphatic hydroxyl groups is 1. The minimum Gasteiger partial charge on any atom is -0.391 e. The molecule has 0 aromatic carbocycles. The number of carbonyl (C=O) groups excluding carboxylic acids is 2. The SMILES string of the molecule is CNC(=O)C[C@H]1CN(C(=O)C=Cc2c(C)nn(C)c2C)C[C@@H]1O. The van der Waals surface area contributed by atoms with Crippen LogP contribution in [-0.2, 0) is 16.6 Å². The van der Waals surface area contributed by atoms with E-state index in [2.05, 4.69) is 10.4 Å². The van der Waals surface area contributed by atoms with Crippen molar-refractivity contribution in [1.29, 1.82) is 0 Å². The standard InChI is InChI=1S/C16H24N4O3/c1-10-13(11(2)19(4)18-10)5-6-16(23)20-8-12(14(21)9-20)7-15(22)17-3/h5-6,12,14,21H,7-9H2,1-4H3,(H,17,22)/t12-,14-/m0/s1. The molecule has 1 aromatic rings. The van der Waals surface area contributed by atoms with E-state index in [0.29, 0.717) is 6.54 Å². The summed E-state index contributed by atoms with van der Waals surface area (Å²) in [7, 11) is 3.43. The largest absolute Gasteiger partial charge is 0.391 e. The molecule has 7 nitrogen and oxygen atoms in total. The normalized spacial score (nSPS) is 21.2. The molecule has 0 unspecified atom stereocenters. The van der Waals surface area contributed by atoms with Crippen molar-refractivity contribution >= 4 is 17.9 Å². The van der Waals surface area contributed by atoms with Gasteiger partial charge >= 0.3 is 0 Å². The van der Waals surface area contributed by atoms with Crippen molar-refractivity contribution in [1.82, 2.24) is 20.0 Å². The van der Waals surface area contributed by atoms with Crippen LogP contribution in [0.15, 0.2) is 6.08 Å². The minimum atomic E-state index is -0.661. The van der Waals surface area contributed by atoms with E-state index in [4.69, 9.17) is 0 Å². The van der Waals surface area contributed by atoms with Crippen molar-refractivity contribution in [2.75, 3.05) is 20.1 Å². The van der Waals surface area contributed by atoms with Gasteiger partial charge in [-0.1, -0.05) is 0 Å². The van der Waals surface area contributed by atoms with E-state index in [1.165, 1.54) is 6.08 Å². The van der Waals surface area contributed by atoms with Gasteiger partial charge in [0.05, 0.1) is 11.8 Å². The molecule has 0 bridgehead atoms. The Morgan fingerprint density at radius 3 is 2.65 bits per heavy atom. The maximum atomic E-state index is 12.3. The molecule has 23 heavy (non-hydrogen) atoms. The molecule has 1 aliphatic rings. The fourth-order valence-corrected chi connectivity index (χ4v) is 2.87. The van der Waals surface area contributed by atoms with Crippen molar-refractivity contribution in [3.8, 4) is 0 Å². The number of aromatic nitrogens is 2. The van der Waals surface area contributed by atoms with E-state index < -0.39 is 6.10 Å². The molecule has 1 aliphatic heterocycles. The highest BCUT2D eigenvalue weighted by Crippen LogP contribution is 2.21. The molecule has 0 saturated carbocycles. The zero-order valence-corrected chi connectivity index (χ0v) is 14.0. The van der Waals surface area contributed by atoms with Crippen LogP contribution in [0, 0.1) is 19.8 Å². The first-order valence-electron chi connectivity index (χ1n) is 7.69. The Labute approximate surface area is 136 Å². The van der Waals surface area contributed by atoms with E-state index in [1.807, 2.05) is 20.9 Å². The Balaban J connectivity index is 2.01. The van der Waals surface area contributed by atoms with Gasteiger partial charge in [-0.25, -0.2) is 0 Å². The minimum absolute atomic E-state index is 0.125. The molecule has 0 spiro atoms. The van der Waals surface area contributed by atoms with Gasteiger partial charge in [-0.2, -0.15) is 5.10 Å². The third-order valence-electron chi connectivity index (χ3n) is 4.40. The van der Waals surface area contributed by atoms with Crippen LogP contribution in [0.4, 0.5) is 0 Å². The molecule has 2 amide bonds. The average molecular weight is 320 g/mol. The lowest BCUT2D eigenvalue weighted by Crippen LogP contribution is -2.28. The molecule has 2 N–H and O–H groups in total. The Kier molecular flexibility index (Phi) is 5.20. The van der Waals surface area contributed by atoms with Gasteiger partial charge in [0.15, 0.2) is 0 Å². The maximum absolute atomic E-state index is 12.3. The lowest BCUT2D eigenvalue weighted by molar-refractivity contribution is -0.126. The maximum Gasteiger partial charge on any atom is 0.246 e. The molecule has 126 valence electrons. The van der Waals surface area contributed by atoms with Gasteiger partial charge in [0.1, 0.15) is 0 Å². The molecule has 7 heteroatoms. The third-order valence-corrected chi connectivity index (χ3v) is 4.40. The lowest BCUT2D eigenvalue weighted by Gasteiger charge is -2.13. The first-order chi connectivity index (χ1) is 10.8. The van der Waals surface area contributed by atoms with Gasteiger partial charge in [0, 0.05) is 56.9 Å². The smallest absolute Gasteiger partial charge is 0.246 e. The molecule has 2 heterocycles. The van der Waals surface area contributed by atoms with Gasteiger partial charge < -0.3 is 15.3 Å². The van der Waals surface area contributed by atoms with Crippen molar-refractivity contribution < 1.29 is 14.7 Å². The highest BCUT2D eigenvalue weighted by Gasteiger charge is 2.34. The van der Waals surface area contributed by atoms with Crippen molar-refractivity contribution in [3.63, 3.8) is 0 Å². The molecule has 1 fully saturated rings. The number of hydrogen-bond donors (Lipinski definition) is 2. The van der Waals surface area contributed by atoms with Crippen LogP contribution >= 0.6 is 0 Å². The van der Waals surface area contributed by atoms with Crippen molar-refractivity contribution in [2.24, 2.45) is 13.0 Å². The molecule has 2 rings (SSSR count). The van der Waals surface area contributed by atoms with Crippen LogP contribution in [0.5, 0.6) is 0 Å². The van der Waals surface area contributed by atoms with E-state index in [-0.39, 0.29) is 30.7 Å². The Bertz CT molecular complexity index is 636. The van der Waals surface area contributed by atoms with E-state index >= 15 is 0 Å². The van der Waals surface area contributed by atoms with Gasteiger partial charge in [-0.05, 0) is 19.9 Å². The number of likely N-dealkylation sites (tertiary alicyclic amines) is 1. The van der Waals surface area contributed by atoms with Crippen LogP contribution < -0.4 is 5.32 Å². The monoisotopic (exact) mass is 320 g/mol. The number of rotatable bonds is 4. The molecule has 2 atom stereocenters. The summed E-state index contributed by atoms with van der Waals surface area (Å²) in [6.45, 7) is 4.50. The van der Waals surface area contributed by atoms with Gasteiger partial charge in [0.25, 0.3) is 0 Å². The fourth-order valence-electron chi connectivity index (χ4n) is 2.87. The van der Waals surface area contributed by atoms with Crippen LogP contribution in [0.1, 0.15) is 23.4 Å². The number of nitrogens with one attached hydrogen (secondary N) is 1. The topological polar surface area (TPSA) is 87.5 Å². The predicted molar refractivity (Wildman–Crippen MR) is 86.5 cm³/mol. The summed E-state index contributed by atoms with van der Waals surface area (Å²) in [6.07, 6.45) is 2.84. The second kappa shape index (κ2) is 6.95. The quantitative estimate of drug-likeness (QED) is 0.765. The van der Waals surface area contributed by atoms with Gasteiger partial charge in [-0.3, -0.25) is 14.3 Å². The van der Waals surface area contributed by atoms with E-state index in [0.717, 1.165) is 17.0 Å². The molecule has 0 radical (unpaired) electrons. The lowest BCUT2D eigenvalue weighted by atomic mass is 10.0. The summed E-state index contributed by atoms with van der Waals surface area (Å²) in [4.78, 5) is 25.3. The summed E-state index contributed by atoms with van der Waals surface area (Å²) >= 11 is 0. The third kappa shape index (κ3) is 3.79. The molecule has 0 aliphatic carbocycles. The summed E-state index contributed by atoms with van der Waals surface area (Å²) in [6, 6.07) is 0. The summed E-state index contributed by atoms with van der Waals surface area (Å²) < 4.78 is 1.78. The number of hydrogen-bond acceptors (Lipinski definition) is 4. The Morgan fingerprint density at radius 1 is 1.39 bits per heavy atom. The van der Waals surface area contributed by atoms with E-state index in [1.54, 1.807) is 22.7 Å².